The maximum Gasteiger partial charge on any atom is 0.256 e. The molecule has 168 valence electrons. The van der Waals surface area contributed by atoms with Crippen LogP contribution in [0.15, 0.2) is 72.8 Å². The van der Waals surface area contributed by atoms with Crippen LogP contribution in [0.1, 0.15) is 12.0 Å². The first-order valence-corrected chi connectivity index (χ1v) is 11.2. The molecule has 4 rings (SSSR count). The van der Waals surface area contributed by atoms with E-state index in [1.54, 1.807) is 41.3 Å². The highest BCUT2D eigenvalue weighted by Gasteiger charge is 2.44. The fraction of sp³-hybridized carbons (Fsp3) is 0.125. The van der Waals surface area contributed by atoms with Gasteiger partial charge in [0.05, 0.1) is 12.1 Å². The number of thiocarbonyl (C=S) groups is 1. The molecule has 1 saturated heterocycles. The van der Waals surface area contributed by atoms with Gasteiger partial charge >= 0.3 is 0 Å². The van der Waals surface area contributed by atoms with Crippen LogP contribution in [0.25, 0.3) is 0 Å². The predicted octanol–water partition coefficient (Wildman–Crippen LogP) is 5.66. The van der Waals surface area contributed by atoms with Crippen molar-refractivity contribution in [1.82, 2.24) is 4.90 Å². The average Bonchev–Trinajstić information content (AvgIpc) is 3.01. The number of nitrogens with zero attached hydrogens (tertiary/aromatic N) is 2. The summed E-state index contributed by atoms with van der Waals surface area (Å²) in [5.41, 5.74) is 1.88. The third kappa shape index (κ3) is 5.33. The smallest absolute Gasteiger partial charge is 0.256 e. The molecule has 1 fully saturated rings. The summed E-state index contributed by atoms with van der Waals surface area (Å²) < 4.78 is 13.4. The van der Waals surface area contributed by atoms with E-state index in [9.17, 15) is 14.0 Å². The van der Waals surface area contributed by atoms with Crippen molar-refractivity contribution in [2.24, 2.45) is 0 Å². The van der Waals surface area contributed by atoms with Crippen molar-refractivity contribution < 1.29 is 14.0 Å². The molecular weight excluding hydrogens is 484 g/mol. The van der Waals surface area contributed by atoms with E-state index in [0.29, 0.717) is 28.0 Å². The Bertz CT molecular complexity index is 1190. The molecule has 0 aliphatic carbocycles. The molecule has 3 aromatic rings. The Morgan fingerprint density at radius 3 is 2.12 bits per heavy atom. The van der Waals surface area contributed by atoms with E-state index in [1.165, 1.54) is 29.2 Å². The summed E-state index contributed by atoms with van der Waals surface area (Å²) in [6.45, 7) is 0.304. The molecule has 1 aliphatic heterocycles. The van der Waals surface area contributed by atoms with Gasteiger partial charge in [0.25, 0.3) is 5.91 Å². The Kier molecular flexibility index (Phi) is 6.93. The summed E-state index contributed by atoms with van der Waals surface area (Å²) in [7, 11) is 0. The fourth-order valence-electron chi connectivity index (χ4n) is 3.55. The summed E-state index contributed by atoms with van der Waals surface area (Å²) in [6, 6.07) is 18.5. The molecule has 1 unspecified atom stereocenters. The Balaban J connectivity index is 1.59. The number of amides is 2. The van der Waals surface area contributed by atoms with E-state index >= 15 is 0 Å². The van der Waals surface area contributed by atoms with E-state index in [4.69, 9.17) is 35.4 Å². The number of hydrogen-bond donors (Lipinski definition) is 1. The first-order chi connectivity index (χ1) is 15.8. The van der Waals surface area contributed by atoms with Crippen LogP contribution in [0.5, 0.6) is 0 Å². The van der Waals surface area contributed by atoms with E-state index in [0.717, 1.165) is 5.56 Å². The lowest BCUT2D eigenvalue weighted by Gasteiger charge is -2.24. The molecule has 1 N–H and O–H groups in total. The van der Waals surface area contributed by atoms with E-state index in [1.807, 2.05) is 12.1 Å². The quantitative estimate of drug-likeness (QED) is 0.442. The highest BCUT2D eigenvalue weighted by atomic mass is 35.5. The van der Waals surface area contributed by atoms with Gasteiger partial charge in [-0.25, -0.2) is 4.39 Å². The normalized spacial score (nSPS) is 15.8. The van der Waals surface area contributed by atoms with Crippen LogP contribution < -0.4 is 10.2 Å². The zero-order chi connectivity index (χ0) is 23.5. The summed E-state index contributed by atoms with van der Waals surface area (Å²) in [5.74, 6) is -1.12. The van der Waals surface area contributed by atoms with Crippen LogP contribution in [-0.2, 0) is 16.1 Å². The second-order valence-electron chi connectivity index (χ2n) is 7.46. The predicted molar refractivity (Wildman–Crippen MR) is 132 cm³/mol. The monoisotopic (exact) mass is 501 g/mol. The van der Waals surface area contributed by atoms with Crippen LogP contribution in [0.2, 0.25) is 10.0 Å². The van der Waals surface area contributed by atoms with Gasteiger partial charge in [-0.3, -0.25) is 14.5 Å². The molecule has 0 bridgehead atoms. The minimum absolute atomic E-state index is 0.118. The topological polar surface area (TPSA) is 52.7 Å². The second-order valence-corrected chi connectivity index (χ2v) is 8.70. The molecule has 2 amide bonds. The van der Waals surface area contributed by atoms with Gasteiger partial charge in [0.2, 0.25) is 5.91 Å². The lowest BCUT2D eigenvalue weighted by atomic mass is 10.1. The zero-order valence-corrected chi connectivity index (χ0v) is 19.5. The molecule has 0 radical (unpaired) electrons. The number of rotatable bonds is 6. The highest BCUT2D eigenvalue weighted by Crippen LogP contribution is 2.29. The molecule has 1 aliphatic rings. The third-order valence-electron chi connectivity index (χ3n) is 5.18. The standard InChI is InChI=1S/C24H18Cl2FN3O2S/c25-16-3-1-15(2-4-16)14-29-21(13-22(31)28-19-9-5-17(26)6-10-19)23(32)30(24(29)33)20-11-7-18(27)8-12-20/h1-12,21H,13-14H2,(H,28,31). The number of benzene rings is 3. The minimum atomic E-state index is -0.828. The number of hydrogen-bond acceptors (Lipinski definition) is 3. The highest BCUT2D eigenvalue weighted by molar-refractivity contribution is 7.80. The fourth-order valence-corrected chi connectivity index (χ4v) is 4.19. The van der Waals surface area contributed by atoms with Crippen LogP contribution in [0.4, 0.5) is 15.8 Å². The van der Waals surface area contributed by atoms with Crippen molar-refractivity contribution in [1.29, 1.82) is 0 Å². The maximum atomic E-state index is 13.4. The number of nitrogens with one attached hydrogen (secondary N) is 1. The van der Waals surface area contributed by atoms with Crippen LogP contribution >= 0.6 is 35.4 Å². The molecule has 5 nitrogen and oxygen atoms in total. The van der Waals surface area contributed by atoms with Gasteiger partial charge in [-0.1, -0.05) is 35.3 Å². The molecule has 0 spiro atoms. The number of anilines is 2. The summed E-state index contributed by atoms with van der Waals surface area (Å²) in [5, 5.41) is 4.16. The maximum absolute atomic E-state index is 13.4. The van der Waals surface area contributed by atoms with Gasteiger partial charge in [-0.15, -0.1) is 0 Å². The zero-order valence-electron chi connectivity index (χ0n) is 17.2. The van der Waals surface area contributed by atoms with E-state index in [2.05, 4.69) is 5.32 Å². The van der Waals surface area contributed by atoms with Crippen molar-refractivity contribution in [3.8, 4) is 0 Å². The SMILES string of the molecule is O=C(CC1C(=O)N(c2ccc(F)cc2)C(=S)N1Cc1ccc(Cl)cc1)Nc1ccc(Cl)cc1. The molecule has 1 atom stereocenters. The van der Waals surface area contributed by atoms with Crippen LogP contribution in [0.3, 0.4) is 0 Å². The third-order valence-corrected chi connectivity index (χ3v) is 6.10. The molecule has 0 saturated carbocycles. The lowest BCUT2D eigenvalue weighted by Crippen LogP contribution is -2.37. The Hall–Kier alpha value is -3.00. The second kappa shape index (κ2) is 9.87. The van der Waals surface area contributed by atoms with Gasteiger partial charge < -0.3 is 10.2 Å². The van der Waals surface area contributed by atoms with E-state index in [-0.39, 0.29) is 23.3 Å². The Labute approximate surface area is 205 Å². The van der Waals surface area contributed by atoms with Gasteiger partial charge in [0.15, 0.2) is 5.11 Å². The van der Waals surface area contributed by atoms with Gasteiger partial charge in [0.1, 0.15) is 11.9 Å². The first-order valence-electron chi connectivity index (χ1n) is 10.0. The summed E-state index contributed by atoms with van der Waals surface area (Å²) in [6.07, 6.45) is -0.118. The molecule has 3 aromatic carbocycles. The van der Waals surface area contributed by atoms with Crippen molar-refractivity contribution in [3.63, 3.8) is 0 Å². The number of carbonyl (C=O) groups is 2. The minimum Gasteiger partial charge on any atom is -0.332 e. The number of carbonyl (C=O) groups excluding carboxylic acids is 2. The number of halogens is 3. The Morgan fingerprint density at radius 2 is 1.52 bits per heavy atom. The van der Waals surface area contributed by atoms with Crippen molar-refractivity contribution in [3.05, 3.63) is 94.2 Å². The largest absolute Gasteiger partial charge is 0.332 e. The van der Waals surface area contributed by atoms with Crippen LogP contribution in [0, 0.1) is 5.82 Å². The van der Waals surface area contributed by atoms with Gasteiger partial charge in [-0.2, -0.15) is 0 Å². The molecule has 9 heteroatoms. The van der Waals surface area contributed by atoms with Crippen molar-refractivity contribution in [2.45, 2.75) is 19.0 Å². The average molecular weight is 502 g/mol. The lowest BCUT2D eigenvalue weighted by molar-refractivity contribution is -0.124. The first kappa shape index (κ1) is 23.2. The summed E-state index contributed by atoms with van der Waals surface area (Å²) in [4.78, 5) is 29.2. The molecule has 1 heterocycles. The van der Waals surface area contributed by atoms with E-state index < -0.39 is 11.9 Å². The molecular formula is C24H18Cl2FN3O2S. The Morgan fingerprint density at radius 1 is 0.939 bits per heavy atom. The van der Waals surface area contributed by atoms with Crippen LogP contribution in [-0.4, -0.2) is 27.9 Å². The van der Waals surface area contributed by atoms with Crippen molar-refractivity contribution >= 4 is 63.7 Å². The summed E-state index contributed by atoms with van der Waals surface area (Å²) >= 11 is 17.5. The molecule has 33 heavy (non-hydrogen) atoms. The van der Waals surface area contributed by atoms with Gasteiger partial charge in [0, 0.05) is 22.3 Å². The molecule has 0 aromatic heterocycles. The van der Waals surface area contributed by atoms with Crippen molar-refractivity contribution in [2.75, 3.05) is 10.2 Å². The van der Waals surface area contributed by atoms with Gasteiger partial charge in [-0.05, 0) is 78.4 Å².